The smallest absolute Gasteiger partial charge is 0.253 e. The first-order chi connectivity index (χ1) is 14.6. The Balaban J connectivity index is 3.48. The molecule has 0 aliphatic heterocycles. The number of amides is 3. The van der Waals surface area contributed by atoms with Gasteiger partial charge in [-0.05, 0) is 74.8 Å². The number of likely N-dealkylation sites (N-methyl/N-ethyl adjacent to an activating group) is 1. The number of aliphatic hydroxyl groups excluding tert-OH is 4. The highest BCUT2D eigenvalue weighted by Gasteiger charge is 2.28. The van der Waals surface area contributed by atoms with Crippen LogP contribution in [0.25, 0.3) is 0 Å². The monoisotopic (exact) mass is 776 g/mol. The normalized spacial score (nSPS) is 12.8. The molecule has 0 aliphatic rings. The van der Waals surface area contributed by atoms with Gasteiger partial charge in [-0.25, -0.2) is 0 Å². The first-order valence-electron chi connectivity index (χ1n) is 8.88. The number of aliphatic hydroxyl groups is 4. The number of anilines is 1. The van der Waals surface area contributed by atoms with Crippen molar-refractivity contribution >= 4 is 91.2 Å². The molecular weight excluding hydrogens is 753 g/mol. The second-order valence-electron chi connectivity index (χ2n) is 6.24. The van der Waals surface area contributed by atoms with E-state index < -0.39 is 37.2 Å². The van der Waals surface area contributed by atoms with Gasteiger partial charge >= 0.3 is 0 Å². The molecule has 1 aromatic rings. The van der Waals surface area contributed by atoms with Gasteiger partial charge in [-0.2, -0.15) is 0 Å². The second-order valence-corrected chi connectivity index (χ2v) is 9.47. The number of rotatable bonds is 11. The lowest BCUT2D eigenvalue weighted by atomic mass is 10.1. The number of halogens is 3. The molecular formula is C17H23I3N4O7. The molecule has 14 heteroatoms. The summed E-state index contributed by atoms with van der Waals surface area (Å²) in [6.07, 6.45) is -2.30. The quantitative estimate of drug-likeness (QED) is 0.130. The van der Waals surface area contributed by atoms with Crippen LogP contribution in [-0.4, -0.2) is 90.3 Å². The van der Waals surface area contributed by atoms with Crippen molar-refractivity contribution in [1.29, 1.82) is 0 Å². The van der Waals surface area contributed by atoms with Crippen molar-refractivity contribution < 1.29 is 34.8 Å². The molecule has 0 bridgehead atoms. The van der Waals surface area contributed by atoms with Crippen LogP contribution in [0.1, 0.15) is 20.7 Å². The van der Waals surface area contributed by atoms with Crippen LogP contribution in [0, 0.1) is 10.7 Å². The van der Waals surface area contributed by atoms with Gasteiger partial charge in [0.25, 0.3) is 11.8 Å². The lowest BCUT2D eigenvalue weighted by molar-refractivity contribution is -0.115. The first-order valence-corrected chi connectivity index (χ1v) is 12.1. The van der Waals surface area contributed by atoms with Crippen LogP contribution >= 0.6 is 67.8 Å². The first kappa shape index (κ1) is 28.7. The zero-order chi connectivity index (χ0) is 23.7. The third-order valence-corrected chi connectivity index (χ3v) is 7.03. The number of hydrogen-bond donors (Lipinski definition) is 8. The number of nitrogens with one attached hydrogen (secondary N) is 4. The molecule has 31 heavy (non-hydrogen) atoms. The molecule has 3 amide bonds. The van der Waals surface area contributed by atoms with Gasteiger partial charge < -0.3 is 41.7 Å². The lowest BCUT2D eigenvalue weighted by Gasteiger charge is -2.20. The summed E-state index contributed by atoms with van der Waals surface area (Å²) in [5, 5.41) is 47.3. The van der Waals surface area contributed by atoms with Crippen molar-refractivity contribution in [3.63, 3.8) is 0 Å². The molecule has 0 fully saturated rings. The van der Waals surface area contributed by atoms with Crippen LogP contribution in [0.15, 0.2) is 0 Å². The second kappa shape index (κ2) is 14.0. The summed E-state index contributed by atoms with van der Waals surface area (Å²) in [5.74, 6) is -1.60. The average Bonchev–Trinajstić information content (AvgIpc) is 2.73. The summed E-state index contributed by atoms with van der Waals surface area (Å²) < 4.78 is 1.07. The van der Waals surface area contributed by atoms with Crippen LogP contribution in [-0.2, 0) is 4.79 Å². The zero-order valence-electron chi connectivity index (χ0n) is 16.3. The van der Waals surface area contributed by atoms with E-state index in [9.17, 15) is 24.6 Å². The Hall–Kier alpha value is -0.380. The van der Waals surface area contributed by atoms with E-state index in [1.165, 1.54) is 0 Å². The van der Waals surface area contributed by atoms with Crippen LogP contribution in [0.4, 0.5) is 5.69 Å². The minimum absolute atomic E-state index is 0.00654. The maximum absolute atomic E-state index is 12.8. The average molecular weight is 776 g/mol. The Labute approximate surface area is 219 Å². The van der Waals surface area contributed by atoms with Gasteiger partial charge in [0.1, 0.15) is 0 Å². The maximum Gasteiger partial charge on any atom is 0.253 e. The number of carbonyl (C=O) groups is 3. The fourth-order valence-corrected chi connectivity index (χ4v) is 6.66. The topological polar surface area (TPSA) is 180 Å². The lowest BCUT2D eigenvalue weighted by Crippen LogP contribution is -2.37. The van der Waals surface area contributed by atoms with Crippen LogP contribution < -0.4 is 21.3 Å². The highest BCUT2D eigenvalue weighted by molar-refractivity contribution is 14.1. The molecule has 8 N–H and O–H groups in total. The van der Waals surface area contributed by atoms with Crippen molar-refractivity contribution in [2.75, 3.05) is 45.2 Å². The number of benzene rings is 1. The van der Waals surface area contributed by atoms with Gasteiger partial charge in [-0.15, -0.1) is 0 Å². The molecule has 0 saturated carbocycles. The molecule has 0 heterocycles. The van der Waals surface area contributed by atoms with Crippen LogP contribution in [0.5, 0.6) is 0 Å². The number of hydrogen-bond acceptors (Lipinski definition) is 8. The van der Waals surface area contributed by atoms with Gasteiger partial charge in [-0.1, -0.05) is 0 Å². The van der Waals surface area contributed by atoms with E-state index in [4.69, 9.17) is 10.2 Å². The van der Waals surface area contributed by atoms with Crippen molar-refractivity contribution in [2.45, 2.75) is 12.2 Å². The van der Waals surface area contributed by atoms with E-state index in [1.807, 2.05) is 67.8 Å². The summed E-state index contributed by atoms with van der Waals surface area (Å²) in [4.78, 5) is 37.8. The van der Waals surface area contributed by atoms with E-state index in [-0.39, 0.29) is 42.4 Å². The molecule has 1 aromatic carbocycles. The number of carbonyl (C=O) groups excluding carboxylic acids is 3. The Morgan fingerprint density at radius 3 is 1.61 bits per heavy atom. The van der Waals surface area contributed by atoms with Crippen molar-refractivity contribution in [2.24, 2.45) is 0 Å². The summed E-state index contributed by atoms with van der Waals surface area (Å²) >= 11 is 5.63. The fourth-order valence-electron chi connectivity index (χ4n) is 2.24. The molecule has 0 saturated heterocycles. The van der Waals surface area contributed by atoms with E-state index in [1.54, 1.807) is 7.05 Å². The maximum atomic E-state index is 12.8. The highest BCUT2D eigenvalue weighted by atomic mass is 127. The Morgan fingerprint density at radius 1 is 0.839 bits per heavy atom. The third kappa shape index (κ3) is 8.16. The van der Waals surface area contributed by atoms with Gasteiger partial charge in [0.2, 0.25) is 5.91 Å². The Bertz CT molecular complexity index is 772. The van der Waals surface area contributed by atoms with Gasteiger partial charge in [0.05, 0.1) is 55.9 Å². The van der Waals surface area contributed by atoms with Crippen molar-refractivity contribution in [3.05, 3.63) is 21.8 Å². The van der Waals surface area contributed by atoms with Crippen molar-refractivity contribution in [1.82, 2.24) is 16.0 Å². The molecule has 2 atom stereocenters. The minimum Gasteiger partial charge on any atom is -0.394 e. The largest absolute Gasteiger partial charge is 0.394 e. The molecule has 0 spiro atoms. The Kier molecular flexibility index (Phi) is 12.9. The minimum atomic E-state index is -1.15. The van der Waals surface area contributed by atoms with Gasteiger partial charge in [-0.3, -0.25) is 14.4 Å². The standard InChI is InChI=1S/C17H23I3N4O7/c1-21-4-9(29)24-15-13(19)10(16(30)22-2-7(27)5-25)12(18)11(14(15)20)17(31)23-3-8(28)6-26/h7-8,21,25-28H,2-6H2,1H3,(H,22,30)(H,23,31)(H,24,29). The molecule has 2 unspecified atom stereocenters. The van der Waals surface area contributed by atoms with E-state index in [2.05, 4.69) is 21.3 Å². The van der Waals surface area contributed by atoms with Gasteiger partial charge in [0, 0.05) is 16.7 Å². The SMILES string of the molecule is CNCC(=O)Nc1c(I)c(C(=O)NCC(O)CO)c(I)c(C(=O)NCC(O)CO)c1I. The predicted molar refractivity (Wildman–Crippen MR) is 138 cm³/mol. The van der Waals surface area contributed by atoms with E-state index in [0.717, 1.165) is 0 Å². The molecule has 1 rings (SSSR count). The third-order valence-electron chi connectivity index (χ3n) is 3.79. The summed E-state index contributed by atoms with van der Waals surface area (Å²) in [6, 6.07) is 0. The van der Waals surface area contributed by atoms with E-state index >= 15 is 0 Å². The van der Waals surface area contributed by atoms with Gasteiger partial charge in [0.15, 0.2) is 0 Å². The zero-order valence-corrected chi connectivity index (χ0v) is 22.8. The Morgan fingerprint density at radius 2 is 1.26 bits per heavy atom. The highest BCUT2D eigenvalue weighted by Crippen LogP contribution is 2.35. The summed E-state index contributed by atoms with van der Waals surface area (Å²) in [6.45, 7) is -1.48. The van der Waals surface area contributed by atoms with Crippen molar-refractivity contribution in [3.8, 4) is 0 Å². The molecule has 0 aliphatic carbocycles. The summed E-state index contributed by atoms with van der Waals surface area (Å²) in [5.41, 5.74) is 0.487. The molecule has 0 aromatic heterocycles. The summed E-state index contributed by atoms with van der Waals surface area (Å²) in [7, 11) is 1.60. The van der Waals surface area contributed by atoms with Crippen LogP contribution in [0.2, 0.25) is 0 Å². The molecule has 0 radical (unpaired) electrons. The van der Waals surface area contributed by atoms with Crippen LogP contribution in [0.3, 0.4) is 0 Å². The predicted octanol–water partition coefficient (Wildman–Crippen LogP) is -1.18. The fraction of sp³-hybridized carbons (Fsp3) is 0.471. The van der Waals surface area contributed by atoms with E-state index in [0.29, 0.717) is 10.7 Å². The molecule has 174 valence electrons. The molecule has 11 nitrogen and oxygen atoms in total.